The highest BCUT2D eigenvalue weighted by Gasteiger charge is 2.18. The Morgan fingerprint density at radius 3 is 2.55 bits per heavy atom. The van der Waals surface area contributed by atoms with Gasteiger partial charge >= 0.3 is 5.97 Å². The summed E-state index contributed by atoms with van der Waals surface area (Å²) in [5, 5.41) is 9.75. The van der Waals surface area contributed by atoms with Gasteiger partial charge in [0.15, 0.2) is 0 Å². The van der Waals surface area contributed by atoms with E-state index in [2.05, 4.69) is 19.9 Å². The third-order valence-electron chi connectivity index (χ3n) is 2.59. The van der Waals surface area contributed by atoms with Crippen molar-refractivity contribution in [1.29, 1.82) is 0 Å². The Morgan fingerprint density at radius 1 is 1.25 bits per heavy atom. The largest absolute Gasteiger partial charge is 0.478 e. The standard InChI is InChI=1S/C13H14N4O2S/c1-3-9-16-8(2)11(13(18)19)12(17-9)20-7-10-14-5-4-6-15-10/h4-6H,3,7H2,1-2H3,(H,18,19). The number of carbonyl (C=O) groups is 1. The maximum Gasteiger partial charge on any atom is 0.340 e. The number of nitrogens with zero attached hydrogens (tertiary/aromatic N) is 4. The Kier molecular flexibility index (Phi) is 4.62. The van der Waals surface area contributed by atoms with Crippen molar-refractivity contribution in [2.75, 3.05) is 0 Å². The molecule has 20 heavy (non-hydrogen) atoms. The predicted molar refractivity (Wildman–Crippen MR) is 74.7 cm³/mol. The Labute approximate surface area is 120 Å². The Morgan fingerprint density at radius 2 is 1.95 bits per heavy atom. The summed E-state index contributed by atoms with van der Waals surface area (Å²) in [7, 11) is 0. The molecule has 0 saturated heterocycles. The normalized spacial score (nSPS) is 10.5. The van der Waals surface area contributed by atoms with Gasteiger partial charge < -0.3 is 5.11 Å². The van der Waals surface area contributed by atoms with Crippen LogP contribution >= 0.6 is 11.8 Å². The van der Waals surface area contributed by atoms with Crippen LogP contribution in [0.15, 0.2) is 23.5 Å². The van der Waals surface area contributed by atoms with Crippen molar-refractivity contribution in [2.24, 2.45) is 0 Å². The molecule has 0 spiro atoms. The maximum atomic E-state index is 11.3. The minimum Gasteiger partial charge on any atom is -0.478 e. The zero-order chi connectivity index (χ0) is 14.5. The van der Waals surface area contributed by atoms with Crippen molar-refractivity contribution in [3.63, 3.8) is 0 Å². The van der Waals surface area contributed by atoms with Gasteiger partial charge in [0.2, 0.25) is 0 Å². The second kappa shape index (κ2) is 6.42. The lowest BCUT2D eigenvalue weighted by molar-refractivity contribution is 0.0690. The molecule has 2 rings (SSSR count). The summed E-state index contributed by atoms with van der Waals surface area (Å²) in [5.74, 6) is 0.745. The monoisotopic (exact) mass is 290 g/mol. The lowest BCUT2D eigenvalue weighted by atomic mass is 10.2. The molecule has 2 aromatic heterocycles. The number of hydrogen-bond donors (Lipinski definition) is 1. The quantitative estimate of drug-likeness (QED) is 0.666. The summed E-state index contributed by atoms with van der Waals surface area (Å²) in [4.78, 5) is 28.0. The van der Waals surface area contributed by atoms with Crippen LogP contribution in [0.3, 0.4) is 0 Å². The first-order chi connectivity index (χ1) is 9.61. The van der Waals surface area contributed by atoms with E-state index in [9.17, 15) is 9.90 Å². The predicted octanol–water partition coefficient (Wildman–Crippen LogP) is 2.13. The SMILES string of the molecule is CCc1nc(C)c(C(=O)O)c(SCc2ncccn2)n1. The van der Waals surface area contributed by atoms with Crippen molar-refractivity contribution in [2.45, 2.75) is 31.0 Å². The average molecular weight is 290 g/mol. The van der Waals surface area contributed by atoms with Gasteiger partial charge in [-0.05, 0) is 13.0 Å². The van der Waals surface area contributed by atoms with Crippen LogP contribution in [0.1, 0.15) is 34.6 Å². The summed E-state index contributed by atoms with van der Waals surface area (Å²) in [6.45, 7) is 3.62. The van der Waals surface area contributed by atoms with Crippen molar-refractivity contribution >= 4 is 17.7 Å². The van der Waals surface area contributed by atoms with Crippen LogP contribution in [0.2, 0.25) is 0 Å². The number of carboxylic acids is 1. The van der Waals surface area contributed by atoms with Gasteiger partial charge in [-0.1, -0.05) is 18.7 Å². The van der Waals surface area contributed by atoms with Gasteiger partial charge in [0.05, 0.1) is 11.4 Å². The van der Waals surface area contributed by atoms with Crippen LogP contribution in [0.25, 0.3) is 0 Å². The van der Waals surface area contributed by atoms with E-state index in [1.54, 1.807) is 25.4 Å². The topological polar surface area (TPSA) is 88.9 Å². The average Bonchev–Trinajstić information content (AvgIpc) is 2.45. The molecule has 0 fully saturated rings. The molecule has 0 saturated carbocycles. The minimum absolute atomic E-state index is 0.156. The van der Waals surface area contributed by atoms with E-state index in [0.717, 1.165) is 0 Å². The van der Waals surface area contributed by atoms with Crippen LogP contribution in [-0.2, 0) is 12.2 Å². The van der Waals surface area contributed by atoms with Gasteiger partial charge in [-0.3, -0.25) is 0 Å². The number of rotatable bonds is 5. The number of hydrogen-bond acceptors (Lipinski definition) is 6. The Hall–Kier alpha value is -2.02. The van der Waals surface area contributed by atoms with E-state index in [4.69, 9.17) is 0 Å². The first kappa shape index (κ1) is 14.4. The third kappa shape index (κ3) is 3.30. The van der Waals surface area contributed by atoms with Gasteiger partial charge in [-0.15, -0.1) is 0 Å². The summed E-state index contributed by atoms with van der Waals surface area (Å²) in [6, 6.07) is 1.74. The summed E-state index contributed by atoms with van der Waals surface area (Å²) >= 11 is 1.32. The van der Waals surface area contributed by atoms with E-state index < -0.39 is 5.97 Å². The van der Waals surface area contributed by atoms with E-state index in [0.29, 0.717) is 34.5 Å². The summed E-state index contributed by atoms with van der Waals surface area (Å²) in [5.41, 5.74) is 0.643. The second-order valence-electron chi connectivity index (χ2n) is 4.02. The molecule has 0 amide bonds. The lowest BCUT2D eigenvalue weighted by Crippen LogP contribution is -2.09. The molecule has 0 atom stereocenters. The number of aromatic carboxylic acids is 1. The molecule has 0 unspecified atom stereocenters. The molecule has 2 aromatic rings. The zero-order valence-electron chi connectivity index (χ0n) is 11.2. The number of aryl methyl sites for hydroxylation is 2. The molecular weight excluding hydrogens is 276 g/mol. The molecule has 0 aliphatic rings. The molecule has 2 heterocycles. The molecule has 7 heteroatoms. The molecule has 0 aromatic carbocycles. The van der Waals surface area contributed by atoms with Crippen LogP contribution in [0.4, 0.5) is 0 Å². The van der Waals surface area contributed by atoms with Crippen LogP contribution in [0, 0.1) is 6.92 Å². The van der Waals surface area contributed by atoms with Gasteiger partial charge in [0, 0.05) is 18.8 Å². The van der Waals surface area contributed by atoms with Crippen LogP contribution < -0.4 is 0 Å². The van der Waals surface area contributed by atoms with E-state index in [1.165, 1.54) is 11.8 Å². The fourth-order valence-corrected chi connectivity index (χ4v) is 2.61. The van der Waals surface area contributed by atoms with Gasteiger partial charge in [0.25, 0.3) is 0 Å². The van der Waals surface area contributed by atoms with E-state index >= 15 is 0 Å². The van der Waals surface area contributed by atoms with Gasteiger partial charge in [-0.25, -0.2) is 24.7 Å². The minimum atomic E-state index is -1.01. The van der Waals surface area contributed by atoms with Crippen molar-refractivity contribution in [3.8, 4) is 0 Å². The van der Waals surface area contributed by atoms with Crippen molar-refractivity contribution < 1.29 is 9.90 Å². The first-order valence-electron chi connectivity index (χ1n) is 6.11. The fourth-order valence-electron chi connectivity index (χ4n) is 1.65. The van der Waals surface area contributed by atoms with Gasteiger partial charge in [0.1, 0.15) is 22.2 Å². The highest BCUT2D eigenvalue weighted by Crippen LogP contribution is 2.25. The van der Waals surface area contributed by atoms with Gasteiger partial charge in [-0.2, -0.15) is 0 Å². The van der Waals surface area contributed by atoms with Crippen LogP contribution in [-0.4, -0.2) is 31.0 Å². The highest BCUT2D eigenvalue weighted by molar-refractivity contribution is 7.98. The van der Waals surface area contributed by atoms with E-state index in [1.807, 2.05) is 6.92 Å². The molecule has 0 aliphatic carbocycles. The number of carboxylic acid groups (broad SMARTS) is 1. The maximum absolute atomic E-state index is 11.3. The number of aromatic nitrogens is 4. The molecular formula is C13H14N4O2S. The highest BCUT2D eigenvalue weighted by atomic mass is 32.2. The van der Waals surface area contributed by atoms with Crippen molar-refractivity contribution in [1.82, 2.24) is 19.9 Å². The smallest absolute Gasteiger partial charge is 0.340 e. The molecule has 0 bridgehead atoms. The molecule has 6 nitrogen and oxygen atoms in total. The molecule has 104 valence electrons. The second-order valence-corrected chi connectivity index (χ2v) is 4.98. The third-order valence-corrected chi connectivity index (χ3v) is 3.56. The zero-order valence-corrected chi connectivity index (χ0v) is 12.0. The Balaban J connectivity index is 2.29. The lowest BCUT2D eigenvalue weighted by Gasteiger charge is -2.09. The molecule has 0 radical (unpaired) electrons. The van der Waals surface area contributed by atoms with Crippen molar-refractivity contribution in [3.05, 3.63) is 41.4 Å². The molecule has 1 N–H and O–H groups in total. The number of thioether (sulfide) groups is 1. The Bertz CT molecular complexity index is 619. The summed E-state index contributed by atoms with van der Waals surface area (Å²) < 4.78 is 0. The first-order valence-corrected chi connectivity index (χ1v) is 7.10. The van der Waals surface area contributed by atoms with E-state index in [-0.39, 0.29) is 5.56 Å². The summed E-state index contributed by atoms with van der Waals surface area (Å²) in [6.07, 6.45) is 3.98. The molecule has 0 aliphatic heterocycles. The van der Waals surface area contributed by atoms with Crippen LogP contribution in [0.5, 0.6) is 0 Å². The fraction of sp³-hybridized carbons (Fsp3) is 0.308.